The molecule has 1 aliphatic heterocycles. The molecular weight excluding hydrogens is 303 g/mol. The Morgan fingerprint density at radius 2 is 2.32 bits per heavy atom. The van der Waals surface area contributed by atoms with Gasteiger partial charge in [-0.2, -0.15) is 0 Å². The van der Waals surface area contributed by atoms with Gasteiger partial charge >= 0.3 is 0 Å². The predicted octanol–water partition coefficient (Wildman–Crippen LogP) is 2.70. The Morgan fingerprint density at radius 1 is 1.50 bits per heavy atom. The smallest absolute Gasteiger partial charge is 0.129 e. The molecule has 0 unspecified atom stereocenters. The van der Waals surface area contributed by atoms with E-state index in [1.807, 2.05) is 12.3 Å². The van der Waals surface area contributed by atoms with Crippen molar-refractivity contribution in [3.8, 4) is 0 Å². The normalized spacial score (nSPS) is 21.0. The van der Waals surface area contributed by atoms with Crippen LogP contribution in [0.5, 0.6) is 0 Å². The first-order valence-corrected chi connectivity index (χ1v) is 8.20. The Hall–Kier alpha value is -1.34. The molecule has 0 radical (unpaired) electrons. The fraction of sp³-hybridized carbons (Fsp3) is 0.438. The van der Waals surface area contributed by atoms with Crippen molar-refractivity contribution in [2.45, 2.75) is 19.1 Å². The number of hydrogen-bond donors (Lipinski definition) is 1. The lowest BCUT2D eigenvalue weighted by Gasteiger charge is -2.33. The molecule has 0 bridgehead atoms. The van der Waals surface area contributed by atoms with Crippen LogP contribution in [0, 0.1) is 12.7 Å². The molecular formula is C16H19FN2O2S. The Balaban J connectivity index is 1.64. The third-order valence-corrected chi connectivity index (χ3v) is 4.81. The van der Waals surface area contributed by atoms with Crippen LogP contribution in [0.1, 0.15) is 28.5 Å². The third kappa shape index (κ3) is 3.52. The number of ether oxygens (including phenoxy) is 1. The zero-order valence-electron chi connectivity index (χ0n) is 12.4. The summed E-state index contributed by atoms with van der Waals surface area (Å²) < 4.78 is 19.5. The number of aryl methyl sites for hydroxylation is 1. The van der Waals surface area contributed by atoms with Crippen LogP contribution in [-0.4, -0.2) is 41.2 Å². The monoisotopic (exact) mass is 322 g/mol. The summed E-state index contributed by atoms with van der Waals surface area (Å²) in [7, 11) is 0. The molecule has 1 fully saturated rings. The zero-order chi connectivity index (χ0) is 15.5. The largest absolute Gasteiger partial charge is 0.387 e. The third-order valence-electron chi connectivity index (χ3n) is 3.76. The fourth-order valence-corrected chi connectivity index (χ4v) is 3.46. The molecule has 1 aromatic heterocycles. The second-order valence-electron chi connectivity index (χ2n) is 5.48. The van der Waals surface area contributed by atoms with Crippen molar-refractivity contribution in [2.24, 2.45) is 0 Å². The molecule has 2 aromatic rings. The summed E-state index contributed by atoms with van der Waals surface area (Å²) in [5.41, 5.74) is 1.34. The van der Waals surface area contributed by atoms with Gasteiger partial charge in [-0.25, -0.2) is 9.37 Å². The van der Waals surface area contributed by atoms with Gasteiger partial charge < -0.3 is 9.84 Å². The summed E-state index contributed by atoms with van der Waals surface area (Å²) in [6.07, 6.45) is -0.904. The maximum atomic E-state index is 13.7. The molecule has 2 atom stereocenters. The van der Waals surface area contributed by atoms with Gasteiger partial charge in [0, 0.05) is 36.3 Å². The minimum absolute atomic E-state index is 0.0692. The minimum atomic E-state index is -0.835. The number of rotatable bonds is 4. The van der Waals surface area contributed by atoms with E-state index in [0.29, 0.717) is 25.3 Å². The Morgan fingerprint density at radius 3 is 3.05 bits per heavy atom. The number of aliphatic hydroxyl groups excluding tert-OH is 1. The van der Waals surface area contributed by atoms with E-state index in [9.17, 15) is 9.50 Å². The number of β-amino-alcohol motifs (C(OH)–C–C–N with tert-alkyl or cyclic N) is 1. The van der Waals surface area contributed by atoms with E-state index in [-0.39, 0.29) is 11.9 Å². The quantitative estimate of drug-likeness (QED) is 0.940. The van der Waals surface area contributed by atoms with Gasteiger partial charge in [0.2, 0.25) is 0 Å². The van der Waals surface area contributed by atoms with Crippen LogP contribution in [0.4, 0.5) is 4.39 Å². The highest BCUT2D eigenvalue weighted by molar-refractivity contribution is 7.09. The zero-order valence-corrected chi connectivity index (χ0v) is 13.2. The fourth-order valence-electron chi connectivity index (χ4n) is 2.63. The predicted molar refractivity (Wildman–Crippen MR) is 83.3 cm³/mol. The highest BCUT2D eigenvalue weighted by atomic mass is 32.1. The molecule has 0 aliphatic carbocycles. The average Bonchev–Trinajstić information content (AvgIpc) is 2.94. The first-order valence-electron chi connectivity index (χ1n) is 7.32. The number of benzene rings is 1. The van der Waals surface area contributed by atoms with Crippen LogP contribution in [0.25, 0.3) is 0 Å². The van der Waals surface area contributed by atoms with Crippen molar-refractivity contribution >= 4 is 11.3 Å². The molecule has 0 amide bonds. The number of nitrogens with zero attached hydrogens (tertiary/aromatic N) is 2. The van der Waals surface area contributed by atoms with Gasteiger partial charge in [-0.1, -0.05) is 18.2 Å². The highest BCUT2D eigenvalue weighted by Crippen LogP contribution is 2.26. The van der Waals surface area contributed by atoms with E-state index in [0.717, 1.165) is 17.2 Å². The van der Waals surface area contributed by atoms with Crippen molar-refractivity contribution in [2.75, 3.05) is 26.2 Å². The molecule has 3 rings (SSSR count). The van der Waals surface area contributed by atoms with Crippen LogP contribution >= 0.6 is 11.3 Å². The lowest BCUT2D eigenvalue weighted by Crippen LogP contribution is -2.40. The number of aliphatic hydroxyl groups is 1. The van der Waals surface area contributed by atoms with Crippen LogP contribution in [0.3, 0.4) is 0 Å². The SMILES string of the molecule is Cc1csc([C@@H]2CN(C[C@H](O)c3ccccc3F)CCO2)n1. The summed E-state index contributed by atoms with van der Waals surface area (Å²) >= 11 is 1.59. The van der Waals surface area contributed by atoms with E-state index >= 15 is 0 Å². The summed E-state index contributed by atoms with van der Waals surface area (Å²) in [5.74, 6) is -0.365. The maximum absolute atomic E-state index is 13.7. The van der Waals surface area contributed by atoms with Gasteiger partial charge in [-0.15, -0.1) is 11.3 Å². The average molecular weight is 322 g/mol. The summed E-state index contributed by atoms with van der Waals surface area (Å²) in [4.78, 5) is 6.56. The van der Waals surface area contributed by atoms with Crippen molar-refractivity contribution in [1.29, 1.82) is 0 Å². The maximum Gasteiger partial charge on any atom is 0.129 e. The van der Waals surface area contributed by atoms with E-state index in [4.69, 9.17) is 4.74 Å². The summed E-state index contributed by atoms with van der Waals surface area (Å²) in [6.45, 7) is 4.34. The van der Waals surface area contributed by atoms with E-state index in [1.54, 1.807) is 29.5 Å². The molecule has 1 N–H and O–H groups in total. The van der Waals surface area contributed by atoms with Gasteiger partial charge in [-0.05, 0) is 13.0 Å². The number of morpholine rings is 1. The second kappa shape index (κ2) is 6.83. The molecule has 0 spiro atoms. The molecule has 0 saturated carbocycles. The van der Waals surface area contributed by atoms with Gasteiger partial charge in [0.15, 0.2) is 0 Å². The minimum Gasteiger partial charge on any atom is -0.387 e. The standard InChI is InChI=1S/C16H19FN2O2S/c1-11-10-22-16(18-11)15-9-19(6-7-21-15)8-14(20)12-4-2-3-5-13(12)17/h2-5,10,14-15,20H,6-9H2,1H3/t14-,15-/m0/s1. The Kier molecular flexibility index (Phi) is 4.83. The first kappa shape index (κ1) is 15.6. The van der Waals surface area contributed by atoms with Crippen molar-refractivity contribution in [3.63, 3.8) is 0 Å². The van der Waals surface area contributed by atoms with Gasteiger partial charge in [0.1, 0.15) is 16.9 Å². The van der Waals surface area contributed by atoms with Crippen molar-refractivity contribution in [1.82, 2.24) is 9.88 Å². The van der Waals surface area contributed by atoms with Crippen LogP contribution in [0.15, 0.2) is 29.6 Å². The number of halogens is 1. The van der Waals surface area contributed by atoms with Crippen molar-refractivity contribution < 1.29 is 14.2 Å². The summed E-state index contributed by atoms with van der Waals surface area (Å²) in [5, 5.41) is 13.2. The molecule has 4 nitrogen and oxygen atoms in total. The lowest BCUT2D eigenvalue weighted by atomic mass is 10.1. The topological polar surface area (TPSA) is 45.6 Å². The number of hydrogen-bond acceptors (Lipinski definition) is 5. The van der Waals surface area contributed by atoms with Gasteiger partial charge in [0.05, 0.1) is 12.7 Å². The molecule has 2 heterocycles. The number of thiazole rings is 1. The Bertz CT molecular complexity index is 634. The molecule has 1 aliphatic rings. The van der Waals surface area contributed by atoms with E-state index in [2.05, 4.69) is 9.88 Å². The molecule has 22 heavy (non-hydrogen) atoms. The molecule has 1 saturated heterocycles. The summed E-state index contributed by atoms with van der Waals surface area (Å²) in [6, 6.07) is 6.37. The molecule has 1 aromatic carbocycles. The van der Waals surface area contributed by atoms with Gasteiger partial charge in [-0.3, -0.25) is 4.90 Å². The molecule has 118 valence electrons. The number of aromatic nitrogens is 1. The second-order valence-corrected chi connectivity index (χ2v) is 6.37. The first-order chi connectivity index (χ1) is 10.6. The molecule has 6 heteroatoms. The Labute approximate surface area is 133 Å². The highest BCUT2D eigenvalue weighted by Gasteiger charge is 2.26. The van der Waals surface area contributed by atoms with Crippen LogP contribution < -0.4 is 0 Å². The van der Waals surface area contributed by atoms with Crippen LogP contribution in [0.2, 0.25) is 0 Å². The van der Waals surface area contributed by atoms with E-state index in [1.165, 1.54) is 6.07 Å². The lowest BCUT2D eigenvalue weighted by molar-refractivity contribution is -0.0427. The van der Waals surface area contributed by atoms with E-state index < -0.39 is 6.10 Å². The van der Waals surface area contributed by atoms with Gasteiger partial charge in [0.25, 0.3) is 0 Å². The van der Waals surface area contributed by atoms with Crippen molar-refractivity contribution in [3.05, 3.63) is 51.7 Å². The van der Waals surface area contributed by atoms with Crippen LogP contribution in [-0.2, 0) is 4.74 Å².